The van der Waals surface area contributed by atoms with Gasteiger partial charge in [0.25, 0.3) is 5.91 Å². The molecule has 0 aromatic heterocycles. The van der Waals surface area contributed by atoms with Crippen molar-refractivity contribution >= 4 is 23.2 Å². The molecule has 3 rings (SSSR count). The van der Waals surface area contributed by atoms with Crippen LogP contribution in [0.2, 0.25) is 0 Å². The van der Waals surface area contributed by atoms with Crippen molar-refractivity contribution in [2.24, 2.45) is 0 Å². The minimum atomic E-state index is -0.694. The van der Waals surface area contributed by atoms with Gasteiger partial charge >= 0.3 is 0 Å². The Morgan fingerprint density at radius 2 is 1.33 bits per heavy atom. The van der Waals surface area contributed by atoms with Crippen LogP contribution < -0.4 is 15.4 Å². The Bertz CT molecular complexity index is 1070. The Kier molecular flexibility index (Phi) is 6.46. The summed E-state index contributed by atoms with van der Waals surface area (Å²) in [5.74, 6) is 0.147. The van der Waals surface area contributed by atoms with Gasteiger partial charge in [-0.25, -0.2) is 0 Å². The minimum absolute atomic E-state index is 0.154. The lowest BCUT2D eigenvalue weighted by Crippen LogP contribution is -2.30. The van der Waals surface area contributed by atoms with Crippen molar-refractivity contribution in [1.82, 2.24) is 0 Å². The molecule has 150 valence electrons. The van der Waals surface area contributed by atoms with Crippen molar-refractivity contribution in [3.8, 4) is 22.9 Å². The van der Waals surface area contributed by atoms with E-state index in [0.717, 1.165) is 11.1 Å². The number of nitrogens with one attached hydrogen (secondary N) is 2. The van der Waals surface area contributed by atoms with E-state index < -0.39 is 6.10 Å². The maximum atomic E-state index is 12.4. The van der Waals surface area contributed by atoms with E-state index in [1.54, 1.807) is 55.5 Å². The third kappa shape index (κ3) is 5.46. The van der Waals surface area contributed by atoms with Crippen LogP contribution in [0.5, 0.6) is 5.75 Å². The molecule has 1 atom stereocenters. The molecule has 0 heterocycles. The summed E-state index contributed by atoms with van der Waals surface area (Å²) < 4.78 is 5.74. The number of hydrogen-bond acceptors (Lipinski definition) is 4. The number of hydrogen-bond donors (Lipinski definition) is 2. The zero-order chi connectivity index (χ0) is 21.5. The predicted molar refractivity (Wildman–Crippen MR) is 116 cm³/mol. The van der Waals surface area contributed by atoms with E-state index in [4.69, 9.17) is 10.00 Å². The molecular weight excluding hydrogens is 378 g/mol. The average molecular weight is 399 g/mol. The normalized spacial score (nSPS) is 11.1. The van der Waals surface area contributed by atoms with Crippen LogP contribution in [-0.2, 0) is 9.59 Å². The molecule has 0 bridgehead atoms. The van der Waals surface area contributed by atoms with E-state index in [1.165, 1.54) is 6.92 Å². The molecule has 0 unspecified atom stereocenters. The molecular formula is C24H21N3O3. The van der Waals surface area contributed by atoms with Gasteiger partial charge in [-0.1, -0.05) is 24.3 Å². The number of anilines is 2. The summed E-state index contributed by atoms with van der Waals surface area (Å²) in [4.78, 5) is 23.5. The van der Waals surface area contributed by atoms with E-state index >= 15 is 0 Å². The van der Waals surface area contributed by atoms with Crippen molar-refractivity contribution in [2.45, 2.75) is 20.0 Å². The second kappa shape index (κ2) is 9.39. The lowest BCUT2D eigenvalue weighted by Gasteiger charge is -2.15. The van der Waals surface area contributed by atoms with Crippen molar-refractivity contribution in [3.63, 3.8) is 0 Å². The molecule has 3 aromatic rings. The fraction of sp³-hybridized carbons (Fsp3) is 0.125. The first-order chi connectivity index (χ1) is 14.4. The molecule has 6 nitrogen and oxygen atoms in total. The van der Waals surface area contributed by atoms with Gasteiger partial charge in [-0.2, -0.15) is 5.26 Å². The molecule has 30 heavy (non-hydrogen) atoms. The summed E-state index contributed by atoms with van der Waals surface area (Å²) in [6.45, 7) is 3.11. The summed E-state index contributed by atoms with van der Waals surface area (Å²) in [5, 5.41) is 14.3. The van der Waals surface area contributed by atoms with E-state index in [2.05, 4.69) is 16.7 Å². The van der Waals surface area contributed by atoms with Crippen LogP contribution >= 0.6 is 0 Å². The molecule has 0 saturated heterocycles. The quantitative estimate of drug-likeness (QED) is 0.634. The molecule has 6 heteroatoms. The highest BCUT2D eigenvalue weighted by atomic mass is 16.5. The molecule has 0 aliphatic heterocycles. The molecule has 0 aliphatic carbocycles. The molecule has 2 N–H and O–H groups in total. The fourth-order valence-corrected chi connectivity index (χ4v) is 2.80. The highest BCUT2D eigenvalue weighted by Crippen LogP contribution is 2.23. The Hall–Kier alpha value is -4.11. The molecule has 0 aliphatic rings. The van der Waals surface area contributed by atoms with Crippen LogP contribution in [0.15, 0.2) is 72.8 Å². The van der Waals surface area contributed by atoms with Crippen LogP contribution in [0, 0.1) is 11.3 Å². The summed E-state index contributed by atoms with van der Waals surface area (Å²) in [6.07, 6.45) is -0.694. The molecule has 0 saturated carbocycles. The Labute approximate surface area is 175 Å². The number of nitriles is 1. The number of carbonyl (C=O) groups is 2. The third-order valence-corrected chi connectivity index (χ3v) is 4.36. The van der Waals surface area contributed by atoms with Gasteiger partial charge in [0, 0.05) is 18.3 Å². The smallest absolute Gasteiger partial charge is 0.265 e. The first kappa shape index (κ1) is 20.6. The largest absolute Gasteiger partial charge is 0.481 e. The molecule has 0 spiro atoms. The average Bonchev–Trinajstić information content (AvgIpc) is 2.75. The highest BCUT2D eigenvalue weighted by Gasteiger charge is 2.15. The number of carbonyl (C=O) groups excluding carboxylic acids is 2. The van der Waals surface area contributed by atoms with Gasteiger partial charge in [-0.15, -0.1) is 0 Å². The standard InChI is InChI=1S/C24H21N3O3/c1-16(24(29)27-22-11-9-21(10-12-22)26-17(2)28)30-23-13-7-20(8-14-23)19-5-3-18(15-25)4-6-19/h3-14,16H,1-2H3,(H,26,28)(H,27,29)/t16-/m0/s1. The van der Waals surface area contributed by atoms with E-state index in [-0.39, 0.29) is 11.8 Å². The van der Waals surface area contributed by atoms with Crippen LogP contribution in [0.4, 0.5) is 11.4 Å². The lowest BCUT2D eigenvalue weighted by atomic mass is 10.0. The summed E-state index contributed by atoms with van der Waals surface area (Å²) in [7, 11) is 0. The maximum absolute atomic E-state index is 12.4. The minimum Gasteiger partial charge on any atom is -0.481 e. The van der Waals surface area contributed by atoms with E-state index in [1.807, 2.05) is 24.3 Å². The monoisotopic (exact) mass is 399 g/mol. The van der Waals surface area contributed by atoms with Gasteiger partial charge in [0.1, 0.15) is 5.75 Å². The SMILES string of the molecule is CC(=O)Nc1ccc(NC(=O)[C@H](C)Oc2ccc(-c3ccc(C#N)cc3)cc2)cc1. The van der Waals surface area contributed by atoms with Crippen LogP contribution in [0.3, 0.4) is 0 Å². The highest BCUT2D eigenvalue weighted by molar-refractivity contribution is 5.94. The van der Waals surface area contributed by atoms with Gasteiger partial charge < -0.3 is 15.4 Å². The maximum Gasteiger partial charge on any atom is 0.265 e. The molecule has 0 fully saturated rings. The first-order valence-corrected chi connectivity index (χ1v) is 9.40. The van der Waals surface area contributed by atoms with Gasteiger partial charge in [-0.05, 0) is 66.6 Å². The van der Waals surface area contributed by atoms with E-state index in [9.17, 15) is 9.59 Å². The first-order valence-electron chi connectivity index (χ1n) is 9.40. The lowest BCUT2D eigenvalue weighted by molar-refractivity contribution is -0.122. The summed E-state index contributed by atoms with van der Waals surface area (Å²) in [6, 6.07) is 23.7. The van der Waals surface area contributed by atoms with Crippen molar-refractivity contribution in [2.75, 3.05) is 10.6 Å². The van der Waals surface area contributed by atoms with E-state index in [0.29, 0.717) is 22.7 Å². The Morgan fingerprint density at radius 1 is 0.833 bits per heavy atom. The van der Waals surface area contributed by atoms with Gasteiger partial charge in [0.15, 0.2) is 6.10 Å². The topological polar surface area (TPSA) is 91.2 Å². The van der Waals surface area contributed by atoms with Crippen molar-refractivity contribution < 1.29 is 14.3 Å². The molecule has 0 radical (unpaired) electrons. The Balaban J connectivity index is 1.58. The van der Waals surface area contributed by atoms with Crippen molar-refractivity contribution in [1.29, 1.82) is 5.26 Å². The number of ether oxygens (including phenoxy) is 1. The van der Waals surface area contributed by atoms with Crippen LogP contribution in [0.1, 0.15) is 19.4 Å². The number of rotatable bonds is 6. The van der Waals surface area contributed by atoms with Crippen molar-refractivity contribution in [3.05, 3.63) is 78.4 Å². The van der Waals surface area contributed by atoms with Gasteiger partial charge in [-0.3, -0.25) is 9.59 Å². The predicted octanol–water partition coefficient (Wildman–Crippen LogP) is 4.59. The second-order valence-electron chi connectivity index (χ2n) is 6.72. The zero-order valence-corrected chi connectivity index (χ0v) is 16.7. The number of benzene rings is 3. The van der Waals surface area contributed by atoms with Crippen LogP contribution in [0.25, 0.3) is 11.1 Å². The molecule has 2 amide bonds. The van der Waals surface area contributed by atoms with Crippen LogP contribution in [-0.4, -0.2) is 17.9 Å². The van der Waals surface area contributed by atoms with Gasteiger partial charge in [0.05, 0.1) is 11.6 Å². The number of amides is 2. The fourth-order valence-electron chi connectivity index (χ4n) is 2.80. The second-order valence-corrected chi connectivity index (χ2v) is 6.72. The number of nitrogens with zero attached hydrogens (tertiary/aromatic N) is 1. The summed E-state index contributed by atoms with van der Waals surface area (Å²) in [5.41, 5.74) is 3.87. The molecule has 3 aromatic carbocycles. The zero-order valence-electron chi connectivity index (χ0n) is 16.7. The third-order valence-electron chi connectivity index (χ3n) is 4.36. The Morgan fingerprint density at radius 3 is 1.83 bits per heavy atom. The van der Waals surface area contributed by atoms with Gasteiger partial charge in [0.2, 0.25) is 5.91 Å². The summed E-state index contributed by atoms with van der Waals surface area (Å²) >= 11 is 0.